The van der Waals surface area contributed by atoms with Crippen LogP contribution in [0.15, 0.2) is 48.8 Å². The summed E-state index contributed by atoms with van der Waals surface area (Å²) in [5, 5.41) is 2.53. The first kappa shape index (κ1) is 19.1. The number of likely N-dealkylation sites (N-methyl/N-ethyl adjacent to an activating group) is 1. The third-order valence-electron chi connectivity index (χ3n) is 3.68. The van der Waals surface area contributed by atoms with Gasteiger partial charge in [-0.25, -0.2) is 4.79 Å². The van der Waals surface area contributed by atoms with Gasteiger partial charge < -0.3 is 15.0 Å². The molecule has 0 radical (unpaired) electrons. The van der Waals surface area contributed by atoms with E-state index in [-0.39, 0.29) is 6.61 Å². The van der Waals surface area contributed by atoms with Crippen LogP contribution in [0.5, 0.6) is 0 Å². The summed E-state index contributed by atoms with van der Waals surface area (Å²) in [6.07, 6.45) is 4.00. The molecule has 7 heteroatoms. The molecule has 0 fully saturated rings. The van der Waals surface area contributed by atoms with Crippen LogP contribution in [0.3, 0.4) is 0 Å². The van der Waals surface area contributed by atoms with E-state index in [0.717, 1.165) is 5.56 Å². The number of carbonyl (C=O) groups excluding carboxylic acids is 3. The van der Waals surface area contributed by atoms with E-state index in [1.54, 1.807) is 38.5 Å². The van der Waals surface area contributed by atoms with E-state index in [4.69, 9.17) is 4.74 Å². The van der Waals surface area contributed by atoms with Gasteiger partial charge in [-0.15, -0.1) is 0 Å². The van der Waals surface area contributed by atoms with Gasteiger partial charge in [0.25, 0.3) is 0 Å². The van der Waals surface area contributed by atoms with Gasteiger partial charge in [-0.1, -0.05) is 0 Å². The van der Waals surface area contributed by atoms with Crippen LogP contribution >= 0.6 is 0 Å². The van der Waals surface area contributed by atoms with Gasteiger partial charge in [0.05, 0.1) is 12.2 Å². The van der Waals surface area contributed by atoms with Crippen LogP contribution in [0.2, 0.25) is 0 Å². The maximum Gasteiger partial charge on any atom is 0.338 e. The Morgan fingerprint density at radius 1 is 1.08 bits per heavy atom. The van der Waals surface area contributed by atoms with E-state index in [1.807, 2.05) is 12.1 Å². The minimum Gasteiger partial charge on any atom is -0.462 e. The molecule has 1 heterocycles. The monoisotopic (exact) mass is 355 g/mol. The number of rotatable bonds is 6. The number of aromatic nitrogens is 1. The maximum absolute atomic E-state index is 12.2. The van der Waals surface area contributed by atoms with Crippen LogP contribution in [0.1, 0.15) is 22.8 Å². The Hall–Kier alpha value is -3.22. The molecular formula is C19H21N3O4. The summed E-state index contributed by atoms with van der Waals surface area (Å²) in [4.78, 5) is 41.1. The molecule has 0 aliphatic rings. The zero-order chi connectivity index (χ0) is 18.9. The lowest BCUT2D eigenvalue weighted by Gasteiger charge is -2.16. The smallest absolute Gasteiger partial charge is 0.338 e. The van der Waals surface area contributed by atoms with Crippen molar-refractivity contribution < 1.29 is 19.1 Å². The Balaban J connectivity index is 1.87. The SMILES string of the molecule is CCOC(=O)c1ccc(NC(=O)C(=O)N(C)CCc2ccncc2)cc1. The van der Waals surface area contributed by atoms with Gasteiger partial charge in [-0.3, -0.25) is 14.6 Å². The summed E-state index contributed by atoms with van der Waals surface area (Å²) in [6, 6.07) is 9.90. The molecule has 0 bridgehead atoms. The van der Waals surface area contributed by atoms with E-state index in [9.17, 15) is 14.4 Å². The first-order valence-corrected chi connectivity index (χ1v) is 8.23. The predicted octanol–water partition coefficient (Wildman–Crippen LogP) is 1.90. The van der Waals surface area contributed by atoms with Crippen molar-refractivity contribution in [1.82, 2.24) is 9.88 Å². The standard InChI is InChI=1S/C19H21N3O4/c1-3-26-19(25)15-4-6-16(7-5-15)21-17(23)18(24)22(2)13-10-14-8-11-20-12-9-14/h4-9,11-12H,3,10,13H2,1-2H3,(H,21,23). The first-order valence-electron chi connectivity index (χ1n) is 8.23. The molecule has 0 saturated carbocycles. The van der Waals surface area contributed by atoms with Crippen LogP contribution < -0.4 is 5.32 Å². The van der Waals surface area contributed by atoms with Crippen molar-refractivity contribution in [2.24, 2.45) is 0 Å². The second-order valence-electron chi connectivity index (χ2n) is 5.58. The molecule has 2 amide bonds. The van der Waals surface area contributed by atoms with Crippen molar-refractivity contribution in [3.8, 4) is 0 Å². The van der Waals surface area contributed by atoms with Crippen LogP contribution in [0.4, 0.5) is 5.69 Å². The van der Waals surface area contributed by atoms with Crippen molar-refractivity contribution in [3.63, 3.8) is 0 Å². The van der Waals surface area contributed by atoms with Crippen molar-refractivity contribution in [2.75, 3.05) is 25.5 Å². The number of carbonyl (C=O) groups is 3. The van der Waals surface area contributed by atoms with Crippen molar-refractivity contribution in [1.29, 1.82) is 0 Å². The highest BCUT2D eigenvalue weighted by molar-refractivity contribution is 6.39. The molecule has 136 valence electrons. The Morgan fingerprint density at radius 2 is 1.73 bits per heavy atom. The van der Waals surface area contributed by atoms with Crippen LogP contribution in [-0.2, 0) is 20.7 Å². The molecule has 1 aromatic carbocycles. The van der Waals surface area contributed by atoms with Gasteiger partial charge in [0.1, 0.15) is 0 Å². The number of amides is 2. The second-order valence-corrected chi connectivity index (χ2v) is 5.58. The number of ether oxygens (including phenoxy) is 1. The van der Waals surface area contributed by atoms with E-state index in [1.165, 1.54) is 17.0 Å². The molecule has 26 heavy (non-hydrogen) atoms. The highest BCUT2D eigenvalue weighted by atomic mass is 16.5. The molecule has 2 aromatic rings. The zero-order valence-electron chi connectivity index (χ0n) is 14.8. The van der Waals surface area contributed by atoms with E-state index < -0.39 is 17.8 Å². The van der Waals surface area contributed by atoms with E-state index in [2.05, 4.69) is 10.3 Å². The summed E-state index contributed by atoms with van der Waals surface area (Å²) in [6.45, 7) is 2.43. The average molecular weight is 355 g/mol. The number of hydrogen-bond donors (Lipinski definition) is 1. The molecule has 0 unspecified atom stereocenters. The van der Waals surface area contributed by atoms with Crippen molar-refractivity contribution >= 4 is 23.5 Å². The second kappa shape index (κ2) is 9.31. The van der Waals surface area contributed by atoms with Gasteiger partial charge in [-0.05, 0) is 55.3 Å². The lowest BCUT2D eigenvalue weighted by atomic mass is 10.2. The Morgan fingerprint density at radius 3 is 2.35 bits per heavy atom. The summed E-state index contributed by atoms with van der Waals surface area (Å²) < 4.78 is 4.89. The molecular weight excluding hydrogens is 334 g/mol. The number of hydrogen-bond acceptors (Lipinski definition) is 5. The summed E-state index contributed by atoms with van der Waals surface area (Å²) in [7, 11) is 1.58. The maximum atomic E-state index is 12.2. The van der Waals surface area contributed by atoms with Gasteiger partial charge in [0.15, 0.2) is 0 Å². The Labute approximate surface area is 152 Å². The zero-order valence-corrected chi connectivity index (χ0v) is 14.8. The predicted molar refractivity (Wildman–Crippen MR) is 96.6 cm³/mol. The average Bonchev–Trinajstić information content (AvgIpc) is 2.67. The number of nitrogens with one attached hydrogen (secondary N) is 1. The summed E-state index contributed by atoms with van der Waals surface area (Å²) in [5.41, 5.74) is 1.85. The van der Waals surface area contributed by atoms with Crippen LogP contribution in [-0.4, -0.2) is 47.9 Å². The molecule has 7 nitrogen and oxygen atoms in total. The number of pyridine rings is 1. The van der Waals surface area contributed by atoms with Gasteiger partial charge in [0, 0.05) is 31.7 Å². The quantitative estimate of drug-likeness (QED) is 0.631. The molecule has 0 atom stereocenters. The normalized spacial score (nSPS) is 10.1. The Bertz CT molecular complexity index is 760. The third-order valence-corrected chi connectivity index (χ3v) is 3.68. The number of benzene rings is 1. The summed E-state index contributed by atoms with van der Waals surface area (Å²) >= 11 is 0. The highest BCUT2D eigenvalue weighted by Crippen LogP contribution is 2.11. The lowest BCUT2D eigenvalue weighted by molar-refractivity contribution is -0.142. The summed E-state index contributed by atoms with van der Waals surface area (Å²) in [5.74, 6) is -1.79. The molecule has 2 rings (SSSR count). The molecule has 1 N–H and O–H groups in total. The lowest BCUT2D eigenvalue weighted by Crippen LogP contribution is -2.38. The fourth-order valence-corrected chi connectivity index (χ4v) is 2.21. The van der Waals surface area contributed by atoms with Crippen molar-refractivity contribution in [3.05, 3.63) is 59.9 Å². The van der Waals surface area contributed by atoms with Crippen LogP contribution in [0.25, 0.3) is 0 Å². The molecule has 1 aromatic heterocycles. The largest absolute Gasteiger partial charge is 0.462 e. The molecule has 0 spiro atoms. The third kappa shape index (κ3) is 5.41. The topological polar surface area (TPSA) is 88.6 Å². The number of nitrogens with zero attached hydrogens (tertiary/aromatic N) is 2. The van der Waals surface area contributed by atoms with Gasteiger partial charge in [-0.2, -0.15) is 0 Å². The number of anilines is 1. The van der Waals surface area contributed by atoms with Gasteiger partial charge in [0.2, 0.25) is 0 Å². The fourth-order valence-electron chi connectivity index (χ4n) is 2.21. The highest BCUT2D eigenvalue weighted by Gasteiger charge is 2.18. The minimum atomic E-state index is -0.730. The molecule has 0 aliphatic heterocycles. The van der Waals surface area contributed by atoms with Gasteiger partial charge >= 0.3 is 17.8 Å². The van der Waals surface area contributed by atoms with Crippen molar-refractivity contribution in [2.45, 2.75) is 13.3 Å². The first-order chi connectivity index (χ1) is 12.5. The number of esters is 1. The fraction of sp³-hybridized carbons (Fsp3) is 0.263. The van der Waals surface area contributed by atoms with E-state index in [0.29, 0.717) is 24.2 Å². The minimum absolute atomic E-state index is 0.289. The Kier molecular flexibility index (Phi) is 6.84. The molecule has 0 saturated heterocycles. The van der Waals surface area contributed by atoms with Crippen LogP contribution in [0, 0.1) is 0 Å². The molecule has 0 aliphatic carbocycles. The van der Waals surface area contributed by atoms with E-state index >= 15 is 0 Å².